The molecule has 0 fully saturated rings. The summed E-state index contributed by atoms with van der Waals surface area (Å²) in [7, 11) is 0. The van der Waals surface area contributed by atoms with Crippen LogP contribution < -0.4 is 5.32 Å². The van der Waals surface area contributed by atoms with Gasteiger partial charge in [0.2, 0.25) is 5.89 Å². The van der Waals surface area contributed by atoms with Gasteiger partial charge in [-0.25, -0.2) is 9.37 Å². The van der Waals surface area contributed by atoms with Crippen molar-refractivity contribution in [2.75, 3.05) is 13.1 Å². The molecule has 8 heteroatoms. The maximum atomic E-state index is 13.2. The quantitative estimate of drug-likeness (QED) is 0.850. The summed E-state index contributed by atoms with van der Waals surface area (Å²) in [6.07, 6.45) is 0. The first-order valence-electron chi connectivity index (χ1n) is 7.86. The molecule has 6 nitrogen and oxygen atoms in total. The standard InChI is InChI=1S/C17H19ClFN3O3/c1-4-22(5-2)17(24)15-10(3)25-14(21-15)9-20-16(23)12-8-11(19)6-7-13(12)18/h6-8H,4-5,9H2,1-3H3,(H,20,23). The van der Waals surface area contributed by atoms with Crippen LogP contribution in [-0.4, -0.2) is 34.8 Å². The fourth-order valence-electron chi connectivity index (χ4n) is 2.31. The predicted molar refractivity (Wildman–Crippen MR) is 91.1 cm³/mol. The molecule has 0 saturated heterocycles. The fourth-order valence-corrected chi connectivity index (χ4v) is 2.51. The van der Waals surface area contributed by atoms with Gasteiger partial charge in [-0.1, -0.05) is 11.6 Å². The van der Waals surface area contributed by atoms with Crippen LogP contribution in [0.2, 0.25) is 5.02 Å². The summed E-state index contributed by atoms with van der Waals surface area (Å²) in [6, 6.07) is 3.53. The van der Waals surface area contributed by atoms with Crippen molar-refractivity contribution in [2.24, 2.45) is 0 Å². The normalized spacial score (nSPS) is 10.6. The highest BCUT2D eigenvalue weighted by Crippen LogP contribution is 2.17. The van der Waals surface area contributed by atoms with Gasteiger partial charge in [-0.3, -0.25) is 9.59 Å². The molecule has 0 aliphatic heterocycles. The van der Waals surface area contributed by atoms with Crippen LogP contribution in [0.25, 0.3) is 0 Å². The number of hydrogen-bond acceptors (Lipinski definition) is 4. The van der Waals surface area contributed by atoms with Crippen molar-refractivity contribution in [3.63, 3.8) is 0 Å². The molecule has 1 aromatic carbocycles. The van der Waals surface area contributed by atoms with Crippen LogP contribution in [0.5, 0.6) is 0 Å². The summed E-state index contributed by atoms with van der Waals surface area (Å²) in [6.45, 7) is 6.47. The third kappa shape index (κ3) is 4.36. The van der Waals surface area contributed by atoms with E-state index >= 15 is 0 Å². The number of aromatic nitrogens is 1. The molecule has 0 aliphatic rings. The van der Waals surface area contributed by atoms with Crippen LogP contribution in [0.4, 0.5) is 4.39 Å². The van der Waals surface area contributed by atoms with E-state index in [1.165, 1.54) is 12.1 Å². The summed E-state index contributed by atoms with van der Waals surface area (Å²) in [5.74, 6) is -0.776. The van der Waals surface area contributed by atoms with Gasteiger partial charge in [-0.2, -0.15) is 0 Å². The van der Waals surface area contributed by atoms with E-state index in [1.807, 2.05) is 13.8 Å². The zero-order valence-corrected chi connectivity index (χ0v) is 15.0. The van der Waals surface area contributed by atoms with E-state index in [9.17, 15) is 14.0 Å². The molecule has 0 spiro atoms. The Morgan fingerprint density at radius 2 is 2.00 bits per heavy atom. The van der Waals surface area contributed by atoms with Gasteiger partial charge < -0.3 is 14.6 Å². The lowest BCUT2D eigenvalue weighted by Gasteiger charge is -2.16. The number of aryl methyl sites for hydroxylation is 1. The number of rotatable bonds is 6. The van der Waals surface area contributed by atoms with Gasteiger partial charge in [0, 0.05) is 13.1 Å². The monoisotopic (exact) mass is 367 g/mol. The molecule has 2 amide bonds. The fraction of sp³-hybridized carbons (Fsp3) is 0.353. The van der Waals surface area contributed by atoms with Gasteiger partial charge >= 0.3 is 0 Å². The molecular formula is C17H19ClFN3O3. The number of carbonyl (C=O) groups is 2. The molecule has 0 bridgehead atoms. The molecule has 2 aromatic rings. The van der Waals surface area contributed by atoms with Crippen LogP contribution in [0, 0.1) is 12.7 Å². The number of benzene rings is 1. The highest BCUT2D eigenvalue weighted by atomic mass is 35.5. The van der Waals surface area contributed by atoms with Gasteiger partial charge in [-0.05, 0) is 39.0 Å². The molecule has 1 aromatic heterocycles. The number of nitrogens with zero attached hydrogens (tertiary/aromatic N) is 2. The maximum absolute atomic E-state index is 13.2. The maximum Gasteiger partial charge on any atom is 0.276 e. The smallest absolute Gasteiger partial charge is 0.276 e. The summed E-state index contributed by atoms with van der Waals surface area (Å²) < 4.78 is 18.7. The van der Waals surface area contributed by atoms with E-state index in [2.05, 4.69) is 10.3 Å². The molecule has 1 heterocycles. The summed E-state index contributed by atoms with van der Waals surface area (Å²) in [5.41, 5.74) is 0.237. The van der Waals surface area contributed by atoms with E-state index in [4.69, 9.17) is 16.0 Å². The average Bonchev–Trinajstić information content (AvgIpc) is 2.96. The molecule has 0 radical (unpaired) electrons. The molecule has 0 unspecified atom stereocenters. The van der Waals surface area contributed by atoms with Crippen molar-refractivity contribution in [1.82, 2.24) is 15.2 Å². The topological polar surface area (TPSA) is 75.4 Å². The number of carbonyl (C=O) groups excluding carboxylic acids is 2. The predicted octanol–water partition coefficient (Wildman–Crippen LogP) is 3.19. The summed E-state index contributed by atoms with van der Waals surface area (Å²) >= 11 is 5.89. The molecule has 2 rings (SSSR count). The molecule has 25 heavy (non-hydrogen) atoms. The number of halogens is 2. The Bertz CT molecular complexity index is 787. The second-order valence-corrected chi connectivity index (χ2v) is 5.70. The second kappa shape index (κ2) is 8.11. The molecule has 1 N–H and O–H groups in total. The lowest BCUT2D eigenvalue weighted by Crippen LogP contribution is -2.31. The van der Waals surface area contributed by atoms with Crippen LogP contribution in [0.1, 0.15) is 46.3 Å². The highest BCUT2D eigenvalue weighted by Gasteiger charge is 2.21. The minimum Gasteiger partial charge on any atom is -0.443 e. The van der Waals surface area contributed by atoms with Crippen molar-refractivity contribution in [3.05, 3.63) is 51.9 Å². The van der Waals surface area contributed by atoms with E-state index in [0.717, 1.165) is 6.07 Å². The molecule has 134 valence electrons. The Labute approximate surface area is 150 Å². The minimum atomic E-state index is -0.561. The SMILES string of the molecule is CCN(CC)C(=O)c1nc(CNC(=O)c2cc(F)ccc2Cl)oc1C. The van der Waals surface area contributed by atoms with Gasteiger partial charge in [-0.15, -0.1) is 0 Å². The summed E-state index contributed by atoms with van der Waals surface area (Å²) in [5, 5.41) is 2.69. The van der Waals surface area contributed by atoms with Crippen molar-refractivity contribution in [2.45, 2.75) is 27.3 Å². The van der Waals surface area contributed by atoms with E-state index < -0.39 is 11.7 Å². The lowest BCUT2D eigenvalue weighted by atomic mass is 10.2. The van der Waals surface area contributed by atoms with E-state index in [-0.39, 0.29) is 34.6 Å². The van der Waals surface area contributed by atoms with Crippen LogP contribution in [-0.2, 0) is 6.54 Å². The number of hydrogen-bond donors (Lipinski definition) is 1. The lowest BCUT2D eigenvalue weighted by molar-refractivity contribution is 0.0766. The molecule has 0 saturated carbocycles. The summed E-state index contributed by atoms with van der Waals surface area (Å²) in [4.78, 5) is 30.2. The average molecular weight is 368 g/mol. The second-order valence-electron chi connectivity index (χ2n) is 5.30. The van der Waals surface area contributed by atoms with Crippen molar-refractivity contribution in [1.29, 1.82) is 0 Å². The van der Waals surface area contributed by atoms with Gasteiger partial charge in [0.15, 0.2) is 5.69 Å². The van der Waals surface area contributed by atoms with Crippen molar-refractivity contribution < 1.29 is 18.4 Å². The minimum absolute atomic E-state index is 0.0179. The van der Waals surface area contributed by atoms with Gasteiger partial charge in [0.1, 0.15) is 11.6 Å². The van der Waals surface area contributed by atoms with Gasteiger partial charge in [0.05, 0.1) is 17.1 Å². The zero-order chi connectivity index (χ0) is 18.6. The first-order valence-corrected chi connectivity index (χ1v) is 8.24. The van der Waals surface area contributed by atoms with Crippen LogP contribution in [0.15, 0.2) is 22.6 Å². The number of nitrogens with one attached hydrogen (secondary N) is 1. The molecular weight excluding hydrogens is 349 g/mol. The largest absolute Gasteiger partial charge is 0.443 e. The van der Waals surface area contributed by atoms with Gasteiger partial charge in [0.25, 0.3) is 11.8 Å². The molecule has 0 aliphatic carbocycles. The Kier molecular flexibility index (Phi) is 6.14. The third-order valence-electron chi connectivity index (χ3n) is 3.67. The van der Waals surface area contributed by atoms with Crippen molar-refractivity contribution >= 4 is 23.4 Å². The first kappa shape index (κ1) is 18.9. The Balaban J connectivity index is 2.09. The van der Waals surface area contributed by atoms with E-state index in [1.54, 1.807) is 11.8 Å². The zero-order valence-electron chi connectivity index (χ0n) is 14.2. The Hall–Kier alpha value is -2.41. The Morgan fingerprint density at radius 3 is 2.64 bits per heavy atom. The molecule has 0 atom stereocenters. The van der Waals surface area contributed by atoms with E-state index in [0.29, 0.717) is 18.8 Å². The van der Waals surface area contributed by atoms with Crippen LogP contribution >= 0.6 is 11.6 Å². The number of oxazole rings is 1. The highest BCUT2D eigenvalue weighted by molar-refractivity contribution is 6.33. The number of amides is 2. The Morgan fingerprint density at radius 1 is 1.32 bits per heavy atom. The first-order chi connectivity index (χ1) is 11.9. The van der Waals surface area contributed by atoms with Crippen molar-refractivity contribution in [3.8, 4) is 0 Å². The van der Waals surface area contributed by atoms with Crippen LogP contribution in [0.3, 0.4) is 0 Å². The third-order valence-corrected chi connectivity index (χ3v) is 4.00.